The van der Waals surface area contributed by atoms with Gasteiger partial charge in [-0.2, -0.15) is 4.98 Å². The number of hydrogen-bond donors (Lipinski definition) is 3. The standard InChI is InChI=1S/C22H22FN3O5/c1-2-7-29-18-6-4-14(9-16(18)23)21-25-20(26-31-21)13-3-5-17-15(8-13)10-19(30-17)22(24,11-27)12-28/h3-6,8-10,27-28H,2,7,11-12,24H2,1H3. The predicted molar refractivity (Wildman–Crippen MR) is 111 cm³/mol. The molecule has 0 saturated heterocycles. The van der Waals surface area contributed by atoms with E-state index in [4.69, 9.17) is 19.4 Å². The van der Waals surface area contributed by atoms with Crippen molar-refractivity contribution in [2.75, 3.05) is 19.8 Å². The van der Waals surface area contributed by atoms with Crippen LogP contribution >= 0.6 is 0 Å². The largest absolute Gasteiger partial charge is 0.491 e. The van der Waals surface area contributed by atoms with Gasteiger partial charge >= 0.3 is 0 Å². The molecule has 2 heterocycles. The van der Waals surface area contributed by atoms with Gasteiger partial charge in [-0.1, -0.05) is 12.1 Å². The van der Waals surface area contributed by atoms with E-state index in [0.29, 0.717) is 34.5 Å². The predicted octanol–water partition coefficient (Wildman–Crippen LogP) is 3.22. The summed E-state index contributed by atoms with van der Waals surface area (Å²) in [4.78, 5) is 4.36. The maximum absolute atomic E-state index is 14.2. The number of rotatable bonds is 8. The number of aliphatic hydroxyl groups is 2. The summed E-state index contributed by atoms with van der Waals surface area (Å²) < 4.78 is 30.6. The van der Waals surface area contributed by atoms with Crippen LogP contribution in [-0.2, 0) is 5.54 Å². The summed E-state index contributed by atoms with van der Waals surface area (Å²) >= 11 is 0. The fourth-order valence-electron chi connectivity index (χ4n) is 3.05. The number of ether oxygens (including phenoxy) is 1. The molecule has 0 atom stereocenters. The van der Waals surface area contributed by atoms with Crippen molar-refractivity contribution >= 4 is 11.0 Å². The highest BCUT2D eigenvalue weighted by atomic mass is 19.1. The fraction of sp³-hybridized carbons (Fsp3) is 0.273. The Hall–Kier alpha value is -3.27. The lowest BCUT2D eigenvalue weighted by Crippen LogP contribution is -2.43. The highest BCUT2D eigenvalue weighted by Gasteiger charge is 2.30. The minimum atomic E-state index is -1.38. The maximum Gasteiger partial charge on any atom is 0.258 e. The molecule has 4 aromatic rings. The molecule has 0 amide bonds. The van der Waals surface area contributed by atoms with Crippen molar-refractivity contribution in [2.45, 2.75) is 18.9 Å². The molecule has 0 aliphatic carbocycles. The van der Waals surface area contributed by atoms with E-state index in [1.54, 1.807) is 30.3 Å². The minimum Gasteiger partial charge on any atom is -0.491 e. The Labute approximate surface area is 177 Å². The summed E-state index contributed by atoms with van der Waals surface area (Å²) in [6.45, 7) is 1.44. The van der Waals surface area contributed by atoms with E-state index >= 15 is 0 Å². The van der Waals surface area contributed by atoms with Crippen molar-refractivity contribution < 1.29 is 28.3 Å². The van der Waals surface area contributed by atoms with E-state index in [-0.39, 0.29) is 17.4 Å². The minimum absolute atomic E-state index is 0.172. The molecule has 0 unspecified atom stereocenters. The van der Waals surface area contributed by atoms with Gasteiger partial charge in [-0.25, -0.2) is 4.39 Å². The molecule has 0 radical (unpaired) electrons. The molecule has 4 N–H and O–H groups in total. The van der Waals surface area contributed by atoms with Gasteiger partial charge in [0.25, 0.3) is 5.89 Å². The molecule has 0 saturated carbocycles. The van der Waals surface area contributed by atoms with Crippen LogP contribution in [0.5, 0.6) is 5.75 Å². The van der Waals surface area contributed by atoms with Gasteiger partial charge in [-0.15, -0.1) is 0 Å². The molecular weight excluding hydrogens is 405 g/mol. The van der Waals surface area contributed by atoms with Crippen LogP contribution in [0.3, 0.4) is 0 Å². The van der Waals surface area contributed by atoms with Crippen molar-refractivity contribution in [3.05, 3.63) is 54.0 Å². The van der Waals surface area contributed by atoms with Gasteiger partial charge in [0.2, 0.25) is 5.82 Å². The van der Waals surface area contributed by atoms with E-state index in [2.05, 4.69) is 10.1 Å². The smallest absolute Gasteiger partial charge is 0.258 e. The van der Waals surface area contributed by atoms with Crippen molar-refractivity contribution in [3.63, 3.8) is 0 Å². The summed E-state index contributed by atoms with van der Waals surface area (Å²) in [5.74, 6) is 0.420. The summed E-state index contributed by atoms with van der Waals surface area (Å²) in [6, 6.07) is 11.3. The van der Waals surface area contributed by atoms with E-state index in [1.165, 1.54) is 12.1 Å². The third kappa shape index (κ3) is 4.02. The SMILES string of the molecule is CCCOc1ccc(-c2nc(-c3ccc4oc(C(N)(CO)CO)cc4c3)no2)cc1F. The molecule has 162 valence electrons. The highest BCUT2D eigenvalue weighted by molar-refractivity contribution is 5.83. The maximum atomic E-state index is 14.2. The third-order valence-electron chi connectivity index (χ3n) is 4.90. The lowest BCUT2D eigenvalue weighted by molar-refractivity contribution is 0.105. The lowest BCUT2D eigenvalue weighted by atomic mass is 10.00. The molecule has 8 nitrogen and oxygen atoms in total. The van der Waals surface area contributed by atoms with Crippen LogP contribution in [0.1, 0.15) is 19.1 Å². The first-order chi connectivity index (χ1) is 15.0. The second-order valence-electron chi connectivity index (χ2n) is 7.25. The Balaban J connectivity index is 1.62. The van der Waals surface area contributed by atoms with Gasteiger partial charge in [0.15, 0.2) is 11.6 Å². The van der Waals surface area contributed by atoms with Crippen molar-refractivity contribution in [2.24, 2.45) is 5.73 Å². The highest BCUT2D eigenvalue weighted by Crippen LogP contribution is 2.31. The Kier molecular flexibility index (Phi) is 5.73. The van der Waals surface area contributed by atoms with Crippen molar-refractivity contribution in [3.8, 4) is 28.6 Å². The Morgan fingerprint density at radius 2 is 1.87 bits per heavy atom. The number of halogens is 1. The van der Waals surface area contributed by atoms with Gasteiger partial charge in [0.05, 0.1) is 19.8 Å². The third-order valence-corrected chi connectivity index (χ3v) is 4.90. The van der Waals surface area contributed by atoms with E-state index < -0.39 is 24.6 Å². The molecule has 2 aromatic carbocycles. The first kappa shape index (κ1) is 21.0. The molecule has 2 aromatic heterocycles. The van der Waals surface area contributed by atoms with Crippen LogP contribution in [0.15, 0.2) is 51.4 Å². The topological polar surface area (TPSA) is 128 Å². The average Bonchev–Trinajstić information content (AvgIpc) is 3.45. The number of aromatic nitrogens is 2. The second-order valence-corrected chi connectivity index (χ2v) is 7.25. The first-order valence-electron chi connectivity index (χ1n) is 9.79. The molecule has 9 heteroatoms. The zero-order valence-corrected chi connectivity index (χ0v) is 16.8. The quantitative estimate of drug-likeness (QED) is 0.391. The second kappa shape index (κ2) is 8.46. The van der Waals surface area contributed by atoms with Crippen LogP contribution in [-0.4, -0.2) is 40.2 Å². The normalized spacial score (nSPS) is 11.9. The Morgan fingerprint density at radius 3 is 2.58 bits per heavy atom. The van der Waals surface area contributed by atoms with Gasteiger partial charge < -0.3 is 29.6 Å². The summed E-state index contributed by atoms with van der Waals surface area (Å²) in [5, 5.41) is 23.6. The molecule has 0 fully saturated rings. The van der Waals surface area contributed by atoms with Crippen LogP contribution in [0.4, 0.5) is 4.39 Å². The van der Waals surface area contributed by atoms with Crippen LogP contribution in [0, 0.1) is 5.82 Å². The summed E-state index contributed by atoms with van der Waals surface area (Å²) in [6.07, 6.45) is 0.781. The number of fused-ring (bicyclic) bond motifs is 1. The number of nitrogens with zero attached hydrogens (tertiary/aromatic N) is 2. The molecule has 0 spiro atoms. The first-order valence-corrected chi connectivity index (χ1v) is 9.79. The zero-order valence-electron chi connectivity index (χ0n) is 16.8. The van der Waals surface area contributed by atoms with Gasteiger partial charge in [0.1, 0.15) is 16.9 Å². The molecule has 31 heavy (non-hydrogen) atoms. The Morgan fingerprint density at radius 1 is 1.10 bits per heavy atom. The van der Waals surface area contributed by atoms with Crippen LogP contribution < -0.4 is 10.5 Å². The van der Waals surface area contributed by atoms with E-state index in [0.717, 1.165) is 6.42 Å². The van der Waals surface area contributed by atoms with Gasteiger partial charge in [-0.05, 0) is 48.9 Å². The van der Waals surface area contributed by atoms with E-state index in [9.17, 15) is 14.6 Å². The fourth-order valence-corrected chi connectivity index (χ4v) is 3.05. The van der Waals surface area contributed by atoms with Crippen LogP contribution in [0.25, 0.3) is 33.8 Å². The summed E-state index contributed by atoms with van der Waals surface area (Å²) in [7, 11) is 0. The molecular formula is C22H22FN3O5. The number of furan rings is 1. The van der Waals surface area contributed by atoms with Crippen molar-refractivity contribution in [1.82, 2.24) is 10.1 Å². The van der Waals surface area contributed by atoms with Gasteiger partial charge in [0, 0.05) is 16.5 Å². The van der Waals surface area contributed by atoms with Crippen LogP contribution in [0.2, 0.25) is 0 Å². The number of nitrogens with two attached hydrogens (primary N) is 1. The lowest BCUT2D eigenvalue weighted by Gasteiger charge is -2.21. The number of hydrogen-bond acceptors (Lipinski definition) is 8. The average molecular weight is 427 g/mol. The summed E-state index contributed by atoms with van der Waals surface area (Å²) in [5.41, 5.74) is 6.21. The zero-order chi connectivity index (χ0) is 22.0. The molecule has 0 bridgehead atoms. The number of benzene rings is 2. The monoisotopic (exact) mass is 427 g/mol. The molecule has 0 aliphatic heterocycles. The molecule has 4 rings (SSSR count). The number of aliphatic hydroxyl groups excluding tert-OH is 2. The van der Waals surface area contributed by atoms with Crippen molar-refractivity contribution in [1.29, 1.82) is 0 Å². The molecule has 0 aliphatic rings. The van der Waals surface area contributed by atoms with Gasteiger partial charge in [-0.3, -0.25) is 0 Å². The Bertz CT molecular complexity index is 1200. The van der Waals surface area contributed by atoms with E-state index in [1.807, 2.05) is 6.92 Å².